The second kappa shape index (κ2) is 18.0. The van der Waals surface area contributed by atoms with Crippen molar-refractivity contribution in [1.82, 2.24) is 15.0 Å². The number of aromatic nitrogens is 3. The van der Waals surface area contributed by atoms with E-state index >= 15 is 0 Å². The van der Waals surface area contributed by atoms with Crippen molar-refractivity contribution >= 4 is 22.7 Å². The van der Waals surface area contributed by atoms with Gasteiger partial charge in [0.2, 0.25) is 0 Å². The summed E-state index contributed by atoms with van der Waals surface area (Å²) in [6, 6.07) is 18.6. The van der Waals surface area contributed by atoms with E-state index in [9.17, 15) is 34.1 Å². The minimum Gasteiger partial charge on any atom is -0.508 e. The Balaban J connectivity index is 0.686. The molecule has 0 bridgehead atoms. The van der Waals surface area contributed by atoms with Gasteiger partial charge in [0.25, 0.3) is 0 Å². The van der Waals surface area contributed by atoms with Gasteiger partial charge in [-0.05, 0) is 122 Å². The lowest BCUT2D eigenvalue weighted by Crippen LogP contribution is -2.49. The average Bonchev–Trinajstić information content (AvgIpc) is 3.87. The number of ketones is 1. The van der Waals surface area contributed by atoms with Crippen molar-refractivity contribution in [2.24, 2.45) is 17.3 Å². The first-order valence-electron chi connectivity index (χ1n) is 22.2. The number of phenols is 1. The number of carboxylic acids is 1. The SMILES string of the molecule is C[C@]12CCC3c4ccc(F)cc4CCC3C1CCC2(O)c1cn(CCOCCOCCOCCCC(=O)c2ccc(-c3c4ccc(=O)cc-4oc4cc(O)ccc34)c(C(=O)O)c2)nn1. The van der Waals surface area contributed by atoms with Gasteiger partial charge in [0.15, 0.2) is 11.2 Å². The van der Waals surface area contributed by atoms with E-state index < -0.39 is 11.6 Å². The van der Waals surface area contributed by atoms with Crippen LogP contribution in [-0.2, 0) is 32.8 Å². The van der Waals surface area contributed by atoms with Crippen LogP contribution in [0, 0.1) is 23.1 Å². The summed E-state index contributed by atoms with van der Waals surface area (Å²) in [4.78, 5) is 37.8. The van der Waals surface area contributed by atoms with E-state index in [-0.39, 0.29) is 57.1 Å². The van der Waals surface area contributed by atoms with Gasteiger partial charge in [-0.2, -0.15) is 0 Å². The standard InChI is InChI=1S/C50H52FN3O10/c1-49-16-14-36-35-11-6-32(51)25-30(35)4-9-37(36)42(49)15-17-50(49,60)46-29-54(53-52-46)18-20-62-22-24-63-23-21-61-19-2-3-43(57)31-5-10-38(41(26-31)48(58)59)47-39-12-7-33(55)27-44(39)64-45-28-34(56)8-13-40(45)47/h5-8,10-13,25-29,36-37,42,55,60H,2-4,9,14-24H2,1H3,(H,58,59)/t36?,37?,42?,49-,50?/m0/s1. The quantitative estimate of drug-likeness (QED) is 0.0455. The number of fused-ring (bicyclic) bond motifs is 7. The van der Waals surface area contributed by atoms with Crippen LogP contribution in [0.2, 0.25) is 0 Å². The lowest BCUT2D eigenvalue weighted by Gasteiger charge is -2.52. The summed E-state index contributed by atoms with van der Waals surface area (Å²) < 4.78 is 38.7. The van der Waals surface area contributed by atoms with Gasteiger partial charge in [-0.1, -0.05) is 30.3 Å². The van der Waals surface area contributed by atoms with Crippen LogP contribution >= 0.6 is 0 Å². The predicted molar refractivity (Wildman–Crippen MR) is 234 cm³/mol. The zero-order valence-electron chi connectivity index (χ0n) is 35.8. The highest BCUT2D eigenvalue weighted by atomic mass is 19.1. The molecule has 3 aromatic carbocycles. The predicted octanol–water partition coefficient (Wildman–Crippen LogP) is 8.16. The van der Waals surface area contributed by atoms with Gasteiger partial charge in [0.1, 0.15) is 34.2 Å². The van der Waals surface area contributed by atoms with Gasteiger partial charge >= 0.3 is 5.97 Å². The third kappa shape index (κ3) is 8.24. The molecular weight excluding hydrogens is 822 g/mol. The van der Waals surface area contributed by atoms with Crippen LogP contribution in [0.3, 0.4) is 0 Å². The monoisotopic (exact) mass is 873 g/mol. The average molecular weight is 874 g/mol. The lowest BCUT2D eigenvalue weighted by molar-refractivity contribution is -0.111. The molecule has 2 heterocycles. The maximum absolute atomic E-state index is 14.0. The molecule has 64 heavy (non-hydrogen) atoms. The number of ether oxygens (including phenoxy) is 3. The van der Waals surface area contributed by atoms with E-state index in [0.29, 0.717) is 105 Å². The number of hydrogen-bond acceptors (Lipinski definition) is 11. The number of hydrogen-bond donors (Lipinski definition) is 3. The third-order valence-corrected chi connectivity index (χ3v) is 14.2. The minimum absolute atomic E-state index is 0.0484. The van der Waals surface area contributed by atoms with E-state index in [1.165, 1.54) is 35.9 Å². The number of aryl methyl sites for hydroxylation is 1. The number of aromatic carboxylic acids is 1. The fourth-order valence-corrected chi connectivity index (χ4v) is 11.0. The number of phenolic OH excluding ortho intramolecular Hbond substituents is 1. The summed E-state index contributed by atoms with van der Waals surface area (Å²) in [6.07, 6.45) is 7.78. The Morgan fingerprint density at radius 3 is 2.48 bits per heavy atom. The number of rotatable bonds is 17. The molecule has 0 amide bonds. The number of benzene rings is 4. The maximum atomic E-state index is 14.0. The molecule has 14 heteroatoms. The van der Waals surface area contributed by atoms with Crippen LogP contribution < -0.4 is 5.43 Å². The van der Waals surface area contributed by atoms with Crippen molar-refractivity contribution < 1.29 is 47.9 Å². The van der Waals surface area contributed by atoms with Crippen molar-refractivity contribution in [3.8, 4) is 28.2 Å². The molecule has 4 aromatic rings. The number of nitrogens with zero attached hydrogens (tertiary/aromatic N) is 3. The van der Waals surface area contributed by atoms with Crippen molar-refractivity contribution in [3.05, 3.63) is 123 Å². The number of Topliss-reactive ketones (excluding diaryl/α,β-unsaturated/α-hetero) is 1. The minimum atomic E-state index is -1.22. The number of aromatic hydroxyl groups is 1. The van der Waals surface area contributed by atoms with Crippen LogP contribution in [0.4, 0.5) is 4.39 Å². The topological polar surface area (TPSA) is 183 Å². The molecule has 3 N–H and O–H groups in total. The van der Waals surface area contributed by atoms with E-state index in [0.717, 1.165) is 37.7 Å². The number of carbonyl (C=O) groups excluding carboxylic acids is 1. The van der Waals surface area contributed by atoms with E-state index in [1.54, 1.807) is 41.1 Å². The van der Waals surface area contributed by atoms with Crippen LogP contribution in [0.5, 0.6) is 5.75 Å². The summed E-state index contributed by atoms with van der Waals surface area (Å²) in [7, 11) is 0. The highest BCUT2D eigenvalue weighted by molar-refractivity contribution is 6.09. The largest absolute Gasteiger partial charge is 0.508 e. The Labute approximate surface area is 369 Å². The van der Waals surface area contributed by atoms with Crippen LogP contribution in [0.1, 0.15) is 95.3 Å². The Morgan fingerprint density at radius 2 is 1.67 bits per heavy atom. The second-order valence-corrected chi connectivity index (χ2v) is 17.7. The Kier molecular flexibility index (Phi) is 12.2. The number of aliphatic hydroxyl groups is 1. The molecule has 0 radical (unpaired) electrons. The van der Waals surface area contributed by atoms with Crippen LogP contribution in [0.15, 0.2) is 88.2 Å². The number of carbonyl (C=O) groups is 2. The summed E-state index contributed by atoms with van der Waals surface area (Å²) >= 11 is 0. The first kappa shape index (κ1) is 43.5. The molecule has 1 aliphatic heterocycles. The molecule has 13 nitrogen and oxygen atoms in total. The smallest absolute Gasteiger partial charge is 0.336 e. The normalized spacial score (nSPS) is 22.6. The van der Waals surface area contributed by atoms with E-state index in [2.05, 4.69) is 17.2 Å². The van der Waals surface area contributed by atoms with Crippen molar-refractivity contribution in [2.75, 3.05) is 39.6 Å². The summed E-state index contributed by atoms with van der Waals surface area (Å²) in [5.74, 6) is -0.181. The third-order valence-electron chi connectivity index (χ3n) is 14.2. The molecule has 1 aromatic heterocycles. The highest BCUT2D eigenvalue weighted by Crippen LogP contribution is 2.66. The molecule has 2 fully saturated rings. The zero-order valence-corrected chi connectivity index (χ0v) is 35.8. The molecule has 334 valence electrons. The fraction of sp³-hybridized carbons (Fsp3) is 0.420. The Morgan fingerprint density at radius 1 is 0.891 bits per heavy atom. The Bertz CT molecular complexity index is 2730. The van der Waals surface area contributed by atoms with Gasteiger partial charge < -0.3 is 33.9 Å². The Hall–Kier alpha value is -5.80. The lowest BCUT2D eigenvalue weighted by atomic mass is 9.53. The summed E-state index contributed by atoms with van der Waals surface area (Å²) in [6.45, 7) is 4.88. The van der Waals surface area contributed by atoms with Gasteiger partial charge in [0, 0.05) is 52.7 Å². The molecule has 0 saturated heterocycles. The van der Waals surface area contributed by atoms with E-state index in [1.807, 2.05) is 12.3 Å². The van der Waals surface area contributed by atoms with Gasteiger partial charge in [0.05, 0.1) is 51.3 Å². The molecule has 4 aliphatic carbocycles. The van der Waals surface area contributed by atoms with Gasteiger partial charge in [-0.25, -0.2) is 13.9 Å². The first-order valence-corrected chi connectivity index (χ1v) is 22.2. The molecule has 9 rings (SSSR count). The molecule has 2 saturated carbocycles. The molecule has 0 spiro atoms. The van der Waals surface area contributed by atoms with Crippen molar-refractivity contribution in [2.45, 2.75) is 76.4 Å². The highest BCUT2D eigenvalue weighted by Gasteiger charge is 2.63. The van der Waals surface area contributed by atoms with Crippen LogP contribution in [0.25, 0.3) is 33.4 Å². The van der Waals surface area contributed by atoms with Gasteiger partial charge in [-0.3, -0.25) is 9.59 Å². The van der Waals surface area contributed by atoms with Crippen molar-refractivity contribution in [1.29, 1.82) is 0 Å². The second-order valence-electron chi connectivity index (χ2n) is 17.7. The molecular formula is C50H52FN3O10. The summed E-state index contributed by atoms with van der Waals surface area (Å²) in [5.41, 5.74) is 3.23. The van der Waals surface area contributed by atoms with Crippen LogP contribution in [-0.4, -0.2) is 81.7 Å². The maximum Gasteiger partial charge on any atom is 0.336 e. The zero-order chi connectivity index (χ0) is 44.6. The number of carboxylic acid groups (broad SMARTS) is 1. The molecule has 5 atom stereocenters. The first-order chi connectivity index (χ1) is 30.9. The fourth-order valence-electron chi connectivity index (χ4n) is 11.0. The molecule has 5 aliphatic rings. The molecule has 4 unspecified atom stereocenters. The summed E-state index contributed by atoms with van der Waals surface area (Å²) in [5, 5.41) is 41.9. The van der Waals surface area contributed by atoms with Crippen molar-refractivity contribution in [3.63, 3.8) is 0 Å². The van der Waals surface area contributed by atoms with Gasteiger partial charge in [-0.15, -0.1) is 5.10 Å². The number of halogens is 1. The van der Waals surface area contributed by atoms with E-state index in [4.69, 9.17) is 18.6 Å².